The van der Waals surface area contributed by atoms with Crippen LogP contribution >= 0.6 is 0 Å². The normalized spacial score (nSPS) is 17.8. The van der Waals surface area contributed by atoms with E-state index in [4.69, 9.17) is 9.72 Å². The van der Waals surface area contributed by atoms with Crippen molar-refractivity contribution in [1.82, 2.24) is 9.88 Å². The quantitative estimate of drug-likeness (QED) is 0.684. The molecule has 1 aliphatic heterocycles. The molecule has 1 aromatic heterocycles. The number of aryl methyl sites for hydroxylation is 2. The number of hydrogen-bond donors (Lipinski definition) is 0. The zero-order valence-electron chi connectivity index (χ0n) is 15.1. The van der Waals surface area contributed by atoms with Crippen LogP contribution in [-0.4, -0.2) is 22.5 Å². The molecule has 0 saturated heterocycles. The van der Waals surface area contributed by atoms with Crippen LogP contribution in [0.2, 0.25) is 0 Å². The third-order valence-corrected chi connectivity index (χ3v) is 4.80. The summed E-state index contributed by atoms with van der Waals surface area (Å²) in [6.45, 7) is 9.10. The Hall–Kier alpha value is -2.39. The van der Waals surface area contributed by atoms with Gasteiger partial charge in [0.1, 0.15) is 6.10 Å². The van der Waals surface area contributed by atoms with E-state index in [1.807, 2.05) is 0 Å². The molecule has 0 amide bonds. The minimum Gasteiger partial charge on any atom is -0.473 e. The molecule has 0 aliphatic carbocycles. The minimum atomic E-state index is 0.126. The molecule has 0 saturated carbocycles. The Labute approximate surface area is 149 Å². The van der Waals surface area contributed by atoms with Crippen molar-refractivity contribution >= 4 is 10.9 Å². The van der Waals surface area contributed by atoms with Crippen LogP contribution in [0.15, 0.2) is 48.5 Å². The van der Waals surface area contributed by atoms with Crippen LogP contribution in [0, 0.1) is 13.8 Å². The molecule has 0 N–H and O–H groups in total. The van der Waals surface area contributed by atoms with E-state index in [2.05, 4.69) is 74.2 Å². The summed E-state index contributed by atoms with van der Waals surface area (Å²) in [5.41, 5.74) is 6.06. The first-order valence-electron chi connectivity index (χ1n) is 8.92. The maximum absolute atomic E-state index is 6.16. The summed E-state index contributed by atoms with van der Waals surface area (Å²) in [7, 11) is 0. The van der Waals surface area contributed by atoms with Crippen LogP contribution in [0.5, 0.6) is 5.88 Å². The van der Waals surface area contributed by atoms with Gasteiger partial charge in [0.05, 0.1) is 5.52 Å². The van der Waals surface area contributed by atoms with Crippen molar-refractivity contribution in [1.29, 1.82) is 0 Å². The molecule has 1 atom stereocenters. The Morgan fingerprint density at radius 1 is 1.12 bits per heavy atom. The van der Waals surface area contributed by atoms with Gasteiger partial charge >= 0.3 is 0 Å². The second-order valence-electron chi connectivity index (χ2n) is 7.18. The van der Waals surface area contributed by atoms with Crippen LogP contribution in [0.1, 0.15) is 29.2 Å². The van der Waals surface area contributed by atoms with Crippen molar-refractivity contribution in [2.24, 2.45) is 0 Å². The number of benzene rings is 2. The number of aromatic nitrogens is 1. The highest BCUT2D eigenvalue weighted by molar-refractivity contribution is 5.84. The lowest BCUT2D eigenvalue weighted by molar-refractivity contribution is 0.153. The Morgan fingerprint density at radius 3 is 2.72 bits per heavy atom. The van der Waals surface area contributed by atoms with Crippen LogP contribution < -0.4 is 4.74 Å². The predicted molar refractivity (Wildman–Crippen MR) is 102 cm³/mol. The predicted octanol–water partition coefficient (Wildman–Crippen LogP) is 4.63. The lowest BCUT2D eigenvalue weighted by Gasteiger charge is -2.21. The van der Waals surface area contributed by atoms with E-state index in [1.54, 1.807) is 0 Å². The molecular formula is C22H24N2O. The number of nitrogens with zero attached hydrogens (tertiary/aromatic N) is 2. The first kappa shape index (κ1) is 16.1. The van der Waals surface area contributed by atoms with E-state index in [-0.39, 0.29) is 6.10 Å². The molecule has 0 unspecified atom stereocenters. The fourth-order valence-electron chi connectivity index (χ4n) is 3.73. The molecule has 2 heterocycles. The van der Waals surface area contributed by atoms with Crippen LogP contribution in [0.4, 0.5) is 0 Å². The summed E-state index contributed by atoms with van der Waals surface area (Å²) in [5, 5.41) is 1.22. The van der Waals surface area contributed by atoms with Crippen molar-refractivity contribution in [3.05, 3.63) is 70.8 Å². The zero-order valence-corrected chi connectivity index (χ0v) is 15.1. The standard InChI is InChI=1S/C22H24N2O/c1-15-9-16(2)20-11-19-14-24(13-18-7-5-4-6-8-18)12-17(3)25-22(19)23-21(20)10-15/h4-11,17H,12-14H2,1-3H3/t17-/m0/s1. The molecule has 4 rings (SSSR count). The molecule has 0 radical (unpaired) electrons. The van der Waals surface area contributed by atoms with E-state index >= 15 is 0 Å². The number of rotatable bonds is 2. The highest BCUT2D eigenvalue weighted by Crippen LogP contribution is 2.30. The summed E-state index contributed by atoms with van der Waals surface area (Å²) in [6, 6.07) is 17.3. The molecule has 0 spiro atoms. The Morgan fingerprint density at radius 2 is 1.92 bits per heavy atom. The SMILES string of the molecule is Cc1cc(C)c2cc3c(nc2c1)O[C@@H](C)CN(Cc1ccccc1)C3. The summed E-state index contributed by atoms with van der Waals surface area (Å²) >= 11 is 0. The molecule has 0 fully saturated rings. The minimum absolute atomic E-state index is 0.126. The average Bonchev–Trinajstić information content (AvgIpc) is 2.71. The van der Waals surface area contributed by atoms with Gasteiger partial charge in [-0.1, -0.05) is 36.4 Å². The summed E-state index contributed by atoms with van der Waals surface area (Å²) in [6.07, 6.45) is 0.126. The number of ether oxygens (including phenoxy) is 1. The molecule has 3 nitrogen and oxygen atoms in total. The van der Waals surface area contributed by atoms with Gasteiger partial charge in [-0.15, -0.1) is 0 Å². The van der Waals surface area contributed by atoms with Crippen LogP contribution in [0.3, 0.4) is 0 Å². The average molecular weight is 332 g/mol. The van der Waals surface area contributed by atoms with Gasteiger partial charge in [0, 0.05) is 30.6 Å². The van der Waals surface area contributed by atoms with Crippen molar-refractivity contribution in [2.75, 3.05) is 6.54 Å². The molecule has 128 valence electrons. The second-order valence-corrected chi connectivity index (χ2v) is 7.18. The molecule has 1 aliphatic rings. The second kappa shape index (κ2) is 6.49. The van der Waals surface area contributed by atoms with E-state index in [0.717, 1.165) is 31.0 Å². The van der Waals surface area contributed by atoms with E-state index < -0.39 is 0 Å². The number of fused-ring (bicyclic) bond motifs is 2. The first-order chi connectivity index (χ1) is 12.1. The molecule has 3 aromatic rings. The zero-order chi connectivity index (χ0) is 17.4. The Balaban J connectivity index is 1.71. The molecule has 0 bridgehead atoms. The highest BCUT2D eigenvalue weighted by Gasteiger charge is 2.22. The summed E-state index contributed by atoms with van der Waals surface area (Å²) < 4.78 is 6.16. The monoisotopic (exact) mass is 332 g/mol. The van der Waals surface area contributed by atoms with Gasteiger partial charge in [0.15, 0.2) is 0 Å². The van der Waals surface area contributed by atoms with Crippen LogP contribution in [0.25, 0.3) is 10.9 Å². The van der Waals surface area contributed by atoms with E-state index in [1.165, 1.54) is 27.6 Å². The van der Waals surface area contributed by atoms with Crippen molar-refractivity contribution < 1.29 is 4.74 Å². The van der Waals surface area contributed by atoms with Crippen molar-refractivity contribution in [2.45, 2.75) is 40.0 Å². The summed E-state index contributed by atoms with van der Waals surface area (Å²) in [5.74, 6) is 0.792. The molecular weight excluding hydrogens is 308 g/mol. The third kappa shape index (κ3) is 3.38. The fourth-order valence-corrected chi connectivity index (χ4v) is 3.73. The topological polar surface area (TPSA) is 25.4 Å². The van der Waals surface area contributed by atoms with Gasteiger partial charge in [0.25, 0.3) is 0 Å². The maximum atomic E-state index is 6.16. The lowest BCUT2D eigenvalue weighted by atomic mass is 10.0. The number of pyridine rings is 1. The third-order valence-electron chi connectivity index (χ3n) is 4.80. The molecule has 2 aromatic carbocycles. The Bertz CT molecular complexity index is 905. The van der Waals surface area contributed by atoms with Gasteiger partial charge in [-0.2, -0.15) is 0 Å². The molecule has 25 heavy (non-hydrogen) atoms. The largest absolute Gasteiger partial charge is 0.473 e. The van der Waals surface area contributed by atoms with Gasteiger partial charge in [-0.05, 0) is 49.6 Å². The van der Waals surface area contributed by atoms with Gasteiger partial charge in [-0.3, -0.25) is 4.90 Å². The number of hydrogen-bond acceptors (Lipinski definition) is 3. The van der Waals surface area contributed by atoms with Gasteiger partial charge < -0.3 is 4.74 Å². The Kier molecular flexibility index (Phi) is 4.18. The van der Waals surface area contributed by atoms with Gasteiger partial charge in [0.2, 0.25) is 5.88 Å². The van der Waals surface area contributed by atoms with Crippen molar-refractivity contribution in [3.8, 4) is 5.88 Å². The summed E-state index contributed by atoms with van der Waals surface area (Å²) in [4.78, 5) is 7.29. The van der Waals surface area contributed by atoms with E-state index in [9.17, 15) is 0 Å². The molecule has 3 heteroatoms. The smallest absolute Gasteiger partial charge is 0.218 e. The fraction of sp³-hybridized carbons (Fsp3) is 0.318. The first-order valence-corrected chi connectivity index (χ1v) is 8.92. The van der Waals surface area contributed by atoms with Gasteiger partial charge in [-0.25, -0.2) is 4.98 Å². The van der Waals surface area contributed by atoms with Crippen LogP contribution in [-0.2, 0) is 13.1 Å². The lowest BCUT2D eigenvalue weighted by Crippen LogP contribution is -2.30. The van der Waals surface area contributed by atoms with E-state index in [0.29, 0.717) is 0 Å². The maximum Gasteiger partial charge on any atom is 0.218 e. The van der Waals surface area contributed by atoms with Crippen molar-refractivity contribution in [3.63, 3.8) is 0 Å². The highest BCUT2D eigenvalue weighted by atomic mass is 16.5.